The zero-order chi connectivity index (χ0) is 19.0. The molecule has 0 radical (unpaired) electrons. The third kappa shape index (κ3) is 3.32. The van der Waals surface area contributed by atoms with Crippen LogP contribution < -0.4 is 9.62 Å². The molecule has 0 aliphatic carbocycles. The van der Waals surface area contributed by atoms with Crippen molar-refractivity contribution in [3.63, 3.8) is 0 Å². The molecule has 8 nitrogen and oxygen atoms in total. The van der Waals surface area contributed by atoms with Crippen LogP contribution in [0.4, 0.5) is 5.69 Å². The quantitative estimate of drug-likeness (QED) is 0.837. The van der Waals surface area contributed by atoms with Gasteiger partial charge < -0.3 is 14.8 Å². The van der Waals surface area contributed by atoms with E-state index in [1.165, 1.54) is 4.31 Å². The second kappa shape index (κ2) is 6.97. The zero-order valence-electron chi connectivity index (χ0n) is 15.2. The minimum atomic E-state index is -3.22. The zero-order valence-corrected chi connectivity index (χ0v) is 16.0. The van der Waals surface area contributed by atoms with Crippen LogP contribution in [0.3, 0.4) is 0 Å². The first kappa shape index (κ1) is 18.0. The van der Waals surface area contributed by atoms with E-state index < -0.39 is 10.0 Å². The monoisotopic (exact) mass is 389 g/mol. The highest BCUT2D eigenvalue weighted by atomic mass is 32.2. The molecule has 144 valence electrons. The molecule has 27 heavy (non-hydrogen) atoms. The highest BCUT2D eigenvalue weighted by Gasteiger charge is 2.32. The number of imidazole rings is 1. The van der Waals surface area contributed by atoms with E-state index in [2.05, 4.69) is 10.3 Å². The highest BCUT2D eigenvalue weighted by molar-refractivity contribution is 7.93. The first-order valence-electron chi connectivity index (χ1n) is 9.07. The normalized spacial score (nSPS) is 22.2. The summed E-state index contributed by atoms with van der Waals surface area (Å²) in [7, 11) is -1.30. The van der Waals surface area contributed by atoms with E-state index in [0.29, 0.717) is 37.3 Å². The molecule has 1 aromatic carbocycles. The summed E-state index contributed by atoms with van der Waals surface area (Å²) in [5.74, 6) is 0.954. The van der Waals surface area contributed by atoms with Gasteiger partial charge >= 0.3 is 0 Å². The maximum atomic E-state index is 13.1. The molecule has 0 bridgehead atoms. The van der Waals surface area contributed by atoms with Crippen molar-refractivity contribution in [1.82, 2.24) is 19.8 Å². The van der Waals surface area contributed by atoms with Gasteiger partial charge in [0.15, 0.2) is 0 Å². The van der Waals surface area contributed by atoms with Gasteiger partial charge in [-0.3, -0.25) is 9.10 Å². The second-order valence-electron chi connectivity index (χ2n) is 6.90. The second-order valence-corrected chi connectivity index (χ2v) is 8.92. The van der Waals surface area contributed by atoms with Crippen LogP contribution in [0.15, 0.2) is 36.7 Å². The Hall–Kier alpha value is -2.39. The van der Waals surface area contributed by atoms with Crippen LogP contribution in [-0.2, 0) is 17.1 Å². The van der Waals surface area contributed by atoms with Crippen LogP contribution >= 0.6 is 0 Å². The topological polar surface area (TPSA) is 87.5 Å². The molecule has 3 heterocycles. The highest BCUT2D eigenvalue weighted by Crippen LogP contribution is 2.26. The van der Waals surface area contributed by atoms with Gasteiger partial charge in [0.2, 0.25) is 10.0 Å². The molecule has 2 aliphatic rings. The molecule has 1 unspecified atom stereocenters. The Morgan fingerprint density at radius 1 is 1.22 bits per heavy atom. The summed E-state index contributed by atoms with van der Waals surface area (Å²) in [6.07, 6.45) is 4.24. The van der Waals surface area contributed by atoms with Crippen LogP contribution in [0.5, 0.6) is 0 Å². The molecule has 9 heteroatoms. The van der Waals surface area contributed by atoms with Gasteiger partial charge in [0, 0.05) is 51.2 Å². The number of anilines is 1. The number of piperazine rings is 1. The molecule has 2 saturated heterocycles. The van der Waals surface area contributed by atoms with E-state index in [0.717, 1.165) is 12.4 Å². The van der Waals surface area contributed by atoms with Crippen LogP contribution in [0.1, 0.15) is 28.6 Å². The first-order valence-corrected chi connectivity index (χ1v) is 10.7. The number of carbonyl (C=O) groups is 1. The molecule has 1 amide bonds. The molecular weight excluding hydrogens is 366 g/mol. The average molecular weight is 389 g/mol. The van der Waals surface area contributed by atoms with Crippen LogP contribution in [0.2, 0.25) is 0 Å². The van der Waals surface area contributed by atoms with Gasteiger partial charge in [-0.05, 0) is 30.7 Å². The Morgan fingerprint density at radius 2 is 2.00 bits per heavy atom. The van der Waals surface area contributed by atoms with Crippen molar-refractivity contribution in [3.05, 3.63) is 48.0 Å². The number of sulfonamides is 1. The summed E-state index contributed by atoms with van der Waals surface area (Å²) < 4.78 is 27.5. The lowest BCUT2D eigenvalue weighted by molar-refractivity contribution is 0.0621. The summed E-state index contributed by atoms with van der Waals surface area (Å²) in [5, 5.41) is 3.32. The SMILES string of the molecule is Cn1ccnc1C1CNCCN1C(=O)c1ccc(N2CCCS2(=O)=O)cc1. The number of rotatable bonds is 3. The minimum absolute atomic E-state index is 0.0691. The summed E-state index contributed by atoms with van der Waals surface area (Å²) in [5.41, 5.74) is 1.17. The number of nitrogens with zero attached hydrogens (tertiary/aromatic N) is 4. The molecule has 1 N–H and O–H groups in total. The van der Waals surface area contributed by atoms with Crippen molar-refractivity contribution in [2.75, 3.05) is 36.2 Å². The first-order chi connectivity index (χ1) is 13.0. The number of hydrogen-bond donors (Lipinski definition) is 1. The van der Waals surface area contributed by atoms with E-state index >= 15 is 0 Å². The van der Waals surface area contributed by atoms with Crippen molar-refractivity contribution < 1.29 is 13.2 Å². The average Bonchev–Trinajstić information content (AvgIpc) is 3.26. The lowest BCUT2D eigenvalue weighted by Crippen LogP contribution is -2.49. The van der Waals surface area contributed by atoms with Crippen LogP contribution in [-0.4, -0.2) is 60.7 Å². The van der Waals surface area contributed by atoms with E-state index in [9.17, 15) is 13.2 Å². The molecule has 2 aromatic rings. The molecule has 0 saturated carbocycles. The van der Waals surface area contributed by atoms with Crippen molar-refractivity contribution in [2.45, 2.75) is 12.5 Å². The Balaban J connectivity index is 1.57. The number of aryl methyl sites for hydroxylation is 1. The number of amides is 1. The van der Waals surface area contributed by atoms with Crippen molar-refractivity contribution in [3.8, 4) is 0 Å². The summed E-state index contributed by atoms with van der Waals surface area (Å²) in [6.45, 7) is 2.48. The molecule has 4 rings (SSSR count). The molecule has 0 spiro atoms. The molecular formula is C18H23N5O3S. The predicted octanol–water partition coefficient (Wildman–Crippen LogP) is 0.747. The largest absolute Gasteiger partial charge is 0.336 e. The van der Waals surface area contributed by atoms with Crippen LogP contribution in [0.25, 0.3) is 0 Å². The van der Waals surface area contributed by atoms with Gasteiger partial charge in [-0.2, -0.15) is 0 Å². The molecule has 1 aromatic heterocycles. The standard InChI is InChI=1S/C18H23N5O3S/c1-21-10-8-20-17(21)16-13-19-7-11-22(16)18(24)14-3-5-15(6-4-14)23-9-2-12-27(23,25)26/h3-6,8,10,16,19H,2,7,9,11-13H2,1H3. The number of hydrogen-bond acceptors (Lipinski definition) is 5. The fourth-order valence-electron chi connectivity index (χ4n) is 3.74. The van der Waals surface area contributed by atoms with E-state index in [4.69, 9.17) is 0 Å². The number of benzene rings is 1. The van der Waals surface area contributed by atoms with Crippen molar-refractivity contribution in [1.29, 1.82) is 0 Å². The molecule has 2 aliphatic heterocycles. The van der Waals surface area contributed by atoms with Gasteiger partial charge in [0.1, 0.15) is 11.9 Å². The van der Waals surface area contributed by atoms with Gasteiger partial charge in [0.05, 0.1) is 11.4 Å². The van der Waals surface area contributed by atoms with Gasteiger partial charge in [-0.25, -0.2) is 13.4 Å². The van der Waals surface area contributed by atoms with Crippen LogP contribution in [0, 0.1) is 0 Å². The smallest absolute Gasteiger partial charge is 0.254 e. The Morgan fingerprint density at radius 3 is 2.63 bits per heavy atom. The van der Waals surface area contributed by atoms with Crippen molar-refractivity contribution >= 4 is 21.6 Å². The van der Waals surface area contributed by atoms with Gasteiger partial charge in [0.25, 0.3) is 5.91 Å². The maximum Gasteiger partial charge on any atom is 0.254 e. The Bertz CT molecular complexity index is 938. The van der Waals surface area contributed by atoms with E-state index in [-0.39, 0.29) is 17.7 Å². The summed E-state index contributed by atoms with van der Waals surface area (Å²) in [4.78, 5) is 19.3. The maximum absolute atomic E-state index is 13.1. The predicted molar refractivity (Wildman–Crippen MR) is 102 cm³/mol. The Kier molecular flexibility index (Phi) is 4.65. The fraction of sp³-hybridized carbons (Fsp3) is 0.444. The number of carbonyl (C=O) groups excluding carboxylic acids is 1. The third-order valence-corrected chi connectivity index (χ3v) is 7.03. The number of nitrogens with one attached hydrogen (secondary N) is 1. The third-order valence-electron chi connectivity index (χ3n) is 5.16. The lowest BCUT2D eigenvalue weighted by atomic mass is 10.1. The van der Waals surface area contributed by atoms with Crippen molar-refractivity contribution in [2.24, 2.45) is 7.05 Å². The molecule has 2 fully saturated rings. The van der Waals surface area contributed by atoms with Gasteiger partial charge in [-0.1, -0.05) is 0 Å². The Labute approximate surface area is 158 Å². The van der Waals surface area contributed by atoms with Gasteiger partial charge in [-0.15, -0.1) is 0 Å². The summed E-state index contributed by atoms with van der Waals surface area (Å²) >= 11 is 0. The lowest BCUT2D eigenvalue weighted by Gasteiger charge is -2.35. The van der Waals surface area contributed by atoms with E-state index in [1.807, 2.05) is 22.7 Å². The number of aromatic nitrogens is 2. The fourth-order valence-corrected chi connectivity index (χ4v) is 5.31. The summed E-state index contributed by atoms with van der Waals surface area (Å²) in [6, 6.07) is 6.72. The minimum Gasteiger partial charge on any atom is -0.336 e. The van der Waals surface area contributed by atoms with E-state index in [1.54, 1.807) is 30.5 Å². The molecule has 1 atom stereocenters.